The van der Waals surface area contributed by atoms with E-state index in [1.807, 2.05) is 25.3 Å². The summed E-state index contributed by atoms with van der Waals surface area (Å²) in [5.41, 5.74) is 8.68. The Kier molecular flexibility index (Phi) is 6.58. The molecule has 1 saturated carbocycles. The molecule has 3 unspecified atom stereocenters. The largest absolute Gasteiger partial charge is 0.369 e. The second-order valence-electron chi connectivity index (χ2n) is 12.0. The van der Waals surface area contributed by atoms with Crippen molar-refractivity contribution in [1.29, 1.82) is 0 Å². The summed E-state index contributed by atoms with van der Waals surface area (Å²) < 4.78 is 0. The van der Waals surface area contributed by atoms with Gasteiger partial charge in [-0.2, -0.15) is 0 Å². The molecule has 7 nitrogen and oxygen atoms in total. The summed E-state index contributed by atoms with van der Waals surface area (Å²) in [5, 5.41) is 4.83. The summed E-state index contributed by atoms with van der Waals surface area (Å²) in [5.74, 6) is 0.982. The van der Waals surface area contributed by atoms with Crippen LogP contribution in [0.1, 0.15) is 89.3 Å². The summed E-state index contributed by atoms with van der Waals surface area (Å²) in [6.45, 7) is 1.92. The molecule has 3 fully saturated rings. The lowest BCUT2D eigenvalue weighted by molar-refractivity contribution is -0.126. The van der Waals surface area contributed by atoms with E-state index in [0.717, 1.165) is 72.9 Å². The normalized spacial score (nSPS) is 28.6. The molecule has 4 N–H and O–H groups in total. The number of imidazole rings is 1. The van der Waals surface area contributed by atoms with E-state index in [1.54, 1.807) is 6.20 Å². The number of aromatic nitrogens is 3. The Morgan fingerprint density at radius 3 is 2.68 bits per heavy atom. The van der Waals surface area contributed by atoms with Crippen molar-refractivity contribution in [2.75, 3.05) is 0 Å². The van der Waals surface area contributed by atoms with E-state index >= 15 is 0 Å². The average Bonchev–Trinajstić information content (AvgIpc) is 3.20. The number of benzene rings is 1. The zero-order chi connectivity index (χ0) is 26.3. The fraction of sp³-hybridized carbons (Fsp3) is 0.548. The first-order valence-corrected chi connectivity index (χ1v) is 14.4. The number of primary amides is 1. The number of pyridine rings is 1. The Bertz CT molecular complexity index is 1340. The second-order valence-corrected chi connectivity index (χ2v) is 12.0. The zero-order valence-corrected chi connectivity index (χ0v) is 22.3. The van der Waals surface area contributed by atoms with E-state index < -0.39 is 5.41 Å². The van der Waals surface area contributed by atoms with E-state index in [-0.39, 0.29) is 17.2 Å². The molecule has 4 atom stereocenters. The van der Waals surface area contributed by atoms with Crippen molar-refractivity contribution in [2.24, 2.45) is 16.6 Å². The van der Waals surface area contributed by atoms with Gasteiger partial charge in [0.1, 0.15) is 11.6 Å². The minimum absolute atomic E-state index is 0.0274. The number of aromatic amines is 1. The van der Waals surface area contributed by atoms with E-state index in [0.29, 0.717) is 30.7 Å². The van der Waals surface area contributed by atoms with Crippen molar-refractivity contribution >= 4 is 22.6 Å². The smallest absolute Gasteiger partial charge is 0.224 e. The van der Waals surface area contributed by atoms with E-state index in [4.69, 9.17) is 10.7 Å². The van der Waals surface area contributed by atoms with Gasteiger partial charge in [0.15, 0.2) is 0 Å². The first-order valence-electron chi connectivity index (χ1n) is 14.4. The van der Waals surface area contributed by atoms with Crippen molar-refractivity contribution in [3.63, 3.8) is 0 Å². The first kappa shape index (κ1) is 25.2. The highest BCUT2D eigenvalue weighted by Gasteiger charge is 2.75. The summed E-state index contributed by atoms with van der Waals surface area (Å²) in [4.78, 5) is 38.1. The number of hydrogen-bond donors (Lipinski definition) is 3. The number of nitrogens with zero attached hydrogens (tertiary/aromatic N) is 2. The molecular formula is C31H39N5O2. The van der Waals surface area contributed by atoms with Crippen LogP contribution in [0.5, 0.6) is 0 Å². The monoisotopic (exact) mass is 513 g/mol. The number of ketones is 1. The lowest BCUT2D eigenvalue weighted by Gasteiger charge is -2.36. The van der Waals surface area contributed by atoms with Gasteiger partial charge in [-0.05, 0) is 68.6 Å². The van der Waals surface area contributed by atoms with E-state index in [9.17, 15) is 9.59 Å². The van der Waals surface area contributed by atoms with Gasteiger partial charge in [-0.3, -0.25) is 14.6 Å². The van der Waals surface area contributed by atoms with Gasteiger partial charge in [0.25, 0.3) is 0 Å². The van der Waals surface area contributed by atoms with Crippen LogP contribution in [0, 0.1) is 10.8 Å². The number of piperidine rings is 1. The highest BCUT2D eigenvalue weighted by Crippen LogP contribution is 2.76. The Hall–Kier alpha value is -3.06. The third kappa shape index (κ3) is 4.35. The minimum Gasteiger partial charge on any atom is -0.369 e. The van der Waals surface area contributed by atoms with Crippen molar-refractivity contribution < 1.29 is 9.59 Å². The number of rotatable bonds is 11. The molecule has 4 heterocycles. The van der Waals surface area contributed by atoms with Crippen molar-refractivity contribution in [3.05, 3.63) is 48.5 Å². The van der Waals surface area contributed by atoms with Crippen LogP contribution in [0.25, 0.3) is 22.2 Å². The summed E-state index contributed by atoms with van der Waals surface area (Å²) in [6.07, 6.45) is 13.9. The van der Waals surface area contributed by atoms with Crippen LogP contribution in [-0.2, 0) is 9.59 Å². The number of nitrogens with two attached hydrogens (primary N) is 1. The van der Waals surface area contributed by atoms with Gasteiger partial charge in [0.2, 0.25) is 5.91 Å². The van der Waals surface area contributed by atoms with Crippen molar-refractivity contribution in [3.8, 4) is 11.3 Å². The van der Waals surface area contributed by atoms with E-state index in [2.05, 4.69) is 33.5 Å². The van der Waals surface area contributed by atoms with Gasteiger partial charge in [-0.1, -0.05) is 31.9 Å². The second kappa shape index (κ2) is 9.92. The molecule has 2 bridgehead atoms. The molecule has 38 heavy (non-hydrogen) atoms. The van der Waals surface area contributed by atoms with Gasteiger partial charge >= 0.3 is 0 Å². The SMILES string of the molecule is CCC(=O)CCCCC[C@H](c1ncc(-c2ccc3ncccc3c2)[nH]1)C1(C(N)=O)CC12CC1CCC(C2)N1. The molecule has 1 amide bonds. The molecule has 1 aliphatic carbocycles. The summed E-state index contributed by atoms with van der Waals surface area (Å²) in [6, 6.07) is 11.2. The molecule has 1 spiro atoms. The Labute approximate surface area is 224 Å². The molecule has 200 valence electrons. The Balaban J connectivity index is 1.29. The quantitative estimate of drug-likeness (QED) is 0.297. The zero-order valence-electron chi connectivity index (χ0n) is 22.3. The van der Waals surface area contributed by atoms with Crippen LogP contribution in [0.15, 0.2) is 42.7 Å². The highest BCUT2D eigenvalue weighted by molar-refractivity contribution is 5.87. The molecule has 3 aliphatic rings. The standard InChI is InChI=1S/C31H39N5O2/c1-2-24(37)8-4-3-5-9-25(31(29(32)38)19-30(31)16-22-11-12-23(17-30)35-22)28-34-18-27(36-28)21-10-13-26-20(15-21)7-6-14-33-26/h6-7,10,13-15,18,22-23,25,35H,2-5,8-9,11-12,16-17,19H2,1H3,(H2,32,38)(H,34,36)/t22?,23?,25-,30?,31?/m1/s1. The third-order valence-electron chi connectivity index (χ3n) is 9.76. The maximum Gasteiger partial charge on any atom is 0.224 e. The molecule has 2 aromatic heterocycles. The third-order valence-corrected chi connectivity index (χ3v) is 9.76. The Morgan fingerprint density at radius 2 is 1.92 bits per heavy atom. The summed E-state index contributed by atoms with van der Waals surface area (Å²) >= 11 is 0. The maximum absolute atomic E-state index is 13.4. The van der Waals surface area contributed by atoms with Crippen LogP contribution in [0.2, 0.25) is 0 Å². The van der Waals surface area contributed by atoms with Crippen LogP contribution in [0.3, 0.4) is 0 Å². The van der Waals surface area contributed by atoms with Crippen molar-refractivity contribution in [1.82, 2.24) is 20.3 Å². The van der Waals surface area contributed by atoms with Gasteiger partial charge in [-0.15, -0.1) is 0 Å². The van der Waals surface area contributed by atoms with Crippen LogP contribution in [0.4, 0.5) is 0 Å². The number of Topliss-reactive ketones (excluding diaryl/α,β-unsaturated/α-hetero) is 1. The molecule has 6 rings (SSSR count). The van der Waals surface area contributed by atoms with Crippen molar-refractivity contribution in [2.45, 2.75) is 95.6 Å². The number of carbonyl (C=O) groups is 2. The molecule has 3 aromatic rings. The van der Waals surface area contributed by atoms with Crippen LogP contribution in [-0.4, -0.2) is 38.7 Å². The topological polar surface area (TPSA) is 114 Å². The fourth-order valence-corrected chi connectivity index (χ4v) is 7.81. The molecule has 0 radical (unpaired) electrons. The van der Waals surface area contributed by atoms with Gasteiger partial charge in [-0.25, -0.2) is 4.98 Å². The number of nitrogens with one attached hydrogen (secondary N) is 2. The average molecular weight is 514 g/mol. The number of H-pyrrole nitrogens is 1. The lowest BCUT2D eigenvalue weighted by Crippen LogP contribution is -2.45. The number of unbranched alkanes of at least 4 members (excludes halogenated alkanes) is 2. The molecule has 7 heteroatoms. The van der Waals surface area contributed by atoms with Crippen LogP contribution < -0.4 is 11.1 Å². The predicted molar refractivity (Wildman–Crippen MR) is 148 cm³/mol. The minimum atomic E-state index is -0.558. The number of amides is 1. The number of fused-ring (bicyclic) bond motifs is 3. The first-order chi connectivity index (χ1) is 18.4. The lowest BCUT2D eigenvalue weighted by atomic mass is 9.72. The Morgan fingerprint density at radius 1 is 1.11 bits per heavy atom. The summed E-state index contributed by atoms with van der Waals surface area (Å²) in [7, 11) is 0. The molecular weight excluding hydrogens is 474 g/mol. The molecule has 2 saturated heterocycles. The molecule has 1 aromatic carbocycles. The highest BCUT2D eigenvalue weighted by atomic mass is 16.1. The van der Waals surface area contributed by atoms with Gasteiger partial charge < -0.3 is 16.0 Å². The molecule has 2 aliphatic heterocycles. The fourth-order valence-electron chi connectivity index (χ4n) is 7.81. The predicted octanol–water partition coefficient (Wildman–Crippen LogP) is 5.41. The van der Waals surface area contributed by atoms with Crippen LogP contribution >= 0.6 is 0 Å². The van der Waals surface area contributed by atoms with E-state index in [1.165, 1.54) is 12.8 Å². The maximum atomic E-state index is 13.4. The number of hydrogen-bond acceptors (Lipinski definition) is 5. The van der Waals surface area contributed by atoms with Gasteiger partial charge in [0, 0.05) is 48.0 Å². The van der Waals surface area contributed by atoms with Gasteiger partial charge in [0.05, 0.1) is 22.8 Å². The number of carbonyl (C=O) groups excluding carboxylic acids is 2.